The first-order valence-corrected chi connectivity index (χ1v) is 10.6. The maximum absolute atomic E-state index is 12.3. The smallest absolute Gasteiger partial charge is 0.307 e. The van der Waals surface area contributed by atoms with Gasteiger partial charge in [-0.25, -0.2) is 5.43 Å². The number of methoxy groups -OCH3 is 1. The van der Waals surface area contributed by atoms with Crippen LogP contribution in [0.3, 0.4) is 0 Å². The molecule has 0 aliphatic carbocycles. The zero-order valence-electron chi connectivity index (χ0n) is 18.1. The van der Waals surface area contributed by atoms with Gasteiger partial charge in [0, 0.05) is 11.1 Å². The Morgan fingerprint density at radius 1 is 1.06 bits per heavy atom. The molecule has 9 heteroatoms. The van der Waals surface area contributed by atoms with Crippen molar-refractivity contribution >= 4 is 46.3 Å². The molecule has 0 bridgehead atoms. The molecular weight excluding hydrogens is 458 g/mol. The molecule has 0 fully saturated rings. The summed E-state index contributed by atoms with van der Waals surface area (Å²) < 4.78 is 16.4. The summed E-state index contributed by atoms with van der Waals surface area (Å²) >= 11 is 6.34. The van der Waals surface area contributed by atoms with E-state index in [1.807, 2.05) is 36.4 Å². The number of benzene rings is 3. The van der Waals surface area contributed by atoms with E-state index in [9.17, 15) is 9.59 Å². The van der Waals surface area contributed by atoms with Gasteiger partial charge in [-0.15, -0.1) is 0 Å². The van der Waals surface area contributed by atoms with Crippen molar-refractivity contribution in [2.75, 3.05) is 19.0 Å². The second-order valence-corrected chi connectivity index (χ2v) is 7.49. The maximum Gasteiger partial charge on any atom is 0.307 e. The van der Waals surface area contributed by atoms with Gasteiger partial charge in [-0.05, 0) is 42.0 Å². The molecule has 0 aliphatic heterocycles. The number of para-hydroxylation sites is 2. The van der Waals surface area contributed by atoms with Crippen LogP contribution in [0.5, 0.6) is 11.5 Å². The second-order valence-electron chi connectivity index (χ2n) is 7.08. The minimum absolute atomic E-state index is 0.145. The zero-order valence-corrected chi connectivity index (χ0v) is 18.8. The lowest BCUT2D eigenvalue weighted by Crippen LogP contribution is -2.20. The van der Waals surface area contributed by atoms with Crippen molar-refractivity contribution in [1.29, 1.82) is 0 Å². The highest BCUT2D eigenvalue weighted by Crippen LogP contribution is 2.36. The number of nitrogens with zero attached hydrogens (tertiary/aromatic N) is 1. The molecule has 0 saturated carbocycles. The molecule has 0 radical (unpaired) electrons. The van der Waals surface area contributed by atoms with E-state index in [4.69, 9.17) is 25.5 Å². The van der Waals surface area contributed by atoms with Gasteiger partial charge in [-0.3, -0.25) is 9.59 Å². The summed E-state index contributed by atoms with van der Waals surface area (Å²) in [5.74, 6) is -0.162. The van der Waals surface area contributed by atoms with Gasteiger partial charge in [0.15, 0.2) is 23.9 Å². The Bertz CT molecular complexity index is 1320. The molecule has 0 aliphatic rings. The number of halogens is 1. The van der Waals surface area contributed by atoms with Crippen LogP contribution in [-0.4, -0.2) is 31.7 Å². The van der Waals surface area contributed by atoms with E-state index in [1.165, 1.54) is 13.3 Å². The highest BCUT2D eigenvalue weighted by molar-refractivity contribution is 6.32. The average Bonchev–Trinajstić information content (AvgIpc) is 3.28. The topological polar surface area (TPSA) is 102 Å². The minimum atomic E-state index is -0.491. The van der Waals surface area contributed by atoms with Crippen molar-refractivity contribution in [1.82, 2.24) is 5.43 Å². The Morgan fingerprint density at radius 2 is 1.82 bits per heavy atom. The van der Waals surface area contributed by atoms with Gasteiger partial charge >= 0.3 is 5.91 Å². The van der Waals surface area contributed by atoms with Crippen LogP contribution in [0.2, 0.25) is 5.02 Å². The van der Waals surface area contributed by atoms with Crippen LogP contribution in [0, 0.1) is 0 Å². The van der Waals surface area contributed by atoms with Gasteiger partial charge in [0.1, 0.15) is 5.58 Å². The van der Waals surface area contributed by atoms with E-state index in [2.05, 4.69) is 15.8 Å². The fourth-order valence-corrected chi connectivity index (χ4v) is 3.40. The summed E-state index contributed by atoms with van der Waals surface area (Å²) in [5.41, 5.74) is 4.23. The van der Waals surface area contributed by atoms with Gasteiger partial charge in [0.05, 0.1) is 18.3 Å². The Labute approximate surface area is 200 Å². The number of hydrazone groups is 1. The van der Waals surface area contributed by atoms with Crippen LogP contribution >= 0.6 is 11.6 Å². The zero-order chi connectivity index (χ0) is 23.9. The number of amides is 2. The highest BCUT2D eigenvalue weighted by atomic mass is 35.5. The fraction of sp³-hybridized carbons (Fsp3) is 0.0800. The van der Waals surface area contributed by atoms with E-state index >= 15 is 0 Å². The van der Waals surface area contributed by atoms with Crippen LogP contribution in [0.4, 0.5) is 5.69 Å². The number of nitrogens with one attached hydrogen (secondary N) is 2. The predicted molar refractivity (Wildman–Crippen MR) is 130 cm³/mol. The number of furan rings is 1. The van der Waals surface area contributed by atoms with Gasteiger partial charge in [-0.2, -0.15) is 5.10 Å². The number of carbonyl (C=O) groups is 2. The first-order valence-electron chi connectivity index (χ1n) is 10.2. The first-order chi connectivity index (χ1) is 16.5. The van der Waals surface area contributed by atoms with Crippen LogP contribution < -0.4 is 20.2 Å². The molecule has 3 aromatic carbocycles. The Hall–Kier alpha value is -4.30. The molecular formula is C25H20ClN3O5. The quantitative estimate of drug-likeness (QED) is 0.278. The Morgan fingerprint density at radius 3 is 2.59 bits per heavy atom. The number of anilines is 1. The number of carbonyl (C=O) groups excluding carboxylic acids is 2. The number of hydrogen-bond acceptors (Lipinski definition) is 6. The Kier molecular flexibility index (Phi) is 7.10. The molecule has 0 atom stereocenters. The van der Waals surface area contributed by atoms with E-state index in [0.717, 1.165) is 5.39 Å². The third-order valence-corrected chi connectivity index (χ3v) is 4.97. The molecule has 4 aromatic rings. The first kappa shape index (κ1) is 22.9. The van der Waals surface area contributed by atoms with Gasteiger partial charge in [0.25, 0.3) is 5.91 Å². The molecule has 2 amide bonds. The summed E-state index contributed by atoms with van der Waals surface area (Å²) in [4.78, 5) is 24.5. The van der Waals surface area contributed by atoms with Crippen LogP contribution in [0.25, 0.3) is 11.0 Å². The van der Waals surface area contributed by atoms with Crippen molar-refractivity contribution in [3.63, 3.8) is 0 Å². The summed E-state index contributed by atoms with van der Waals surface area (Å²) in [7, 11) is 1.45. The van der Waals surface area contributed by atoms with Crippen molar-refractivity contribution in [3.05, 3.63) is 89.1 Å². The molecule has 1 heterocycles. The largest absolute Gasteiger partial charge is 0.493 e. The van der Waals surface area contributed by atoms with Crippen molar-refractivity contribution in [3.8, 4) is 11.5 Å². The van der Waals surface area contributed by atoms with E-state index in [-0.39, 0.29) is 29.0 Å². The predicted octanol–water partition coefficient (Wildman–Crippen LogP) is 4.88. The van der Waals surface area contributed by atoms with E-state index in [1.54, 1.807) is 36.4 Å². The molecule has 1 aromatic heterocycles. The second kappa shape index (κ2) is 10.5. The molecule has 0 saturated heterocycles. The SMILES string of the molecule is COc1cc(/C=N/NC(=O)c2cc3ccccc3o2)cc(Cl)c1OCC(=O)Nc1ccccc1. The molecule has 34 heavy (non-hydrogen) atoms. The molecule has 8 nitrogen and oxygen atoms in total. The van der Waals surface area contributed by atoms with E-state index in [0.29, 0.717) is 22.6 Å². The highest BCUT2D eigenvalue weighted by Gasteiger charge is 2.14. The van der Waals surface area contributed by atoms with E-state index < -0.39 is 5.91 Å². The minimum Gasteiger partial charge on any atom is -0.493 e. The van der Waals surface area contributed by atoms with Crippen molar-refractivity contribution in [2.24, 2.45) is 5.10 Å². The van der Waals surface area contributed by atoms with Crippen molar-refractivity contribution < 1.29 is 23.5 Å². The molecule has 0 spiro atoms. The lowest BCUT2D eigenvalue weighted by molar-refractivity contribution is -0.118. The number of hydrogen-bond donors (Lipinski definition) is 2. The number of fused-ring (bicyclic) bond motifs is 1. The summed E-state index contributed by atoms with van der Waals surface area (Å²) in [6.45, 7) is -0.258. The third kappa shape index (κ3) is 5.54. The standard InChI is InChI=1S/C25H20ClN3O5/c1-32-21-12-16(14-27-29-25(31)22-13-17-7-5-6-10-20(17)34-22)11-19(26)24(21)33-15-23(30)28-18-8-3-2-4-9-18/h2-14H,15H2,1H3,(H,28,30)(H,29,31)/b27-14+. The van der Waals surface area contributed by atoms with Crippen LogP contribution in [0.15, 0.2) is 82.3 Å². The Balaban J connectivity index is 1.39. The fourth-order valence-electron chi connectivity index (χ4n) is 3.12. The number of ether oxygens (including phenoxy) is 2. The summed E-state index contributed by atoms with van der Waals surface area (Å²) in [6.07, 6.45) is 1.40. The molecule has 2 N–H and O–H groups in total. The third-order valence-electron chi connectivity index (χ3n) is 4.69. The normalized spacial score (nSPS) is 10.9. The van der Waals surface area contributed by atoms with Crippen molar-refractivity contribution in [2.45, 2.75) is 0 Å². The van der Waals surface area contributed by atoms with Crippen LogP contribution in [-0.2, 0) is 4.79 Å². The van der Waals surface area contributed by atoms with Gasteiger partial charge in [0.2, 0.25) is 0 Å². The molecule has 172 valence electrons. The molecule has 4 rings (SSSR count). The van der Waals surface area contributed by atoms with Gasteiger partial charge < -0.3 is 19.2 Å². The molecule has 0 unspecified atom stereocenters. The lowest BCUT2D eigenvalue weighted by atomic mass is 10.2. The lowest BCUT2D eigenvalue weighted by Gasteiger charge is -2.13. The summed E-state index contributed by atoms with van der Waals surface area (Å²) in [5, 5.41) is 7.72. The summed E-state index contributed by atoms with van der Waals surface area (Å²) in [6, 6.07) is 21.2. The maximum atomic E-state index is 12.3. The number of rotatable bonds is 8. The van der Waals surface area contributed by atoms with Crippen LogP contribution in [0.1, 0.15) is 16.1 Å². The monoisotopic (exact) mass is 477 g/mol. The van der Waals surface area contributed by atoms with Gasteiger partial charge in [-0.1, -0.05) is 48.0 Å². The average molecular weight is 478 g/mol.